The smallest absolute Gasteiger partial charge is 0.0168 e. The van der Waals surface area contributed by atoms with Crippen LogP contribution >= 0.6 is 22.6 Å². The Bertz CT molecular complexity index is 340. The highest BCUT2D eigenvalue weighted by Gasteiger charge is 2.39. The van der Waals surface area contributed by atoms with E-state index in [0.717, 1.165) is 0 Å². The van der Waals surface area contributed by atoms with E-state index in [1.165, 1.54) is 34.8 Å². The lowest BCUT2D eigenvalue weighted by Gasteiger charge is -2.34. The molecular formula is C13H18IN. The van der Waals surface area contributed by atoms with Crippen molar-refractivity contribution < 1.29 is 0 Å². The molecule has 1 aromatic carbocycles. The summed E-state index contributed by atoms with van der Waals surface area (Å²) in [5.41, 5.74) is 7.95. The fraction of sp³-hybridized carbons (Fsp3) is 0.538. The summed E-state index contributed by atoms with van der Waals surface area (Å²) in [7, 11) is 0. The lowest BCUT2D eigenvalue weighted by atomic mass is 9.74. The molecule has 1 atom stereocenters. The lowest BCUT2D eigenvalue weighted by molar-refractivity contribution is 0.367. The van der Waals surface area contributed by atoms with Gasteiger partial charge in [0.1, 0.15) is 0 Å². The molecule has 0 saturated heterocycles. The lowest BCUT2D eigenvalue weighted by Crippen LogP contribution is -2.41. The van der Waals surface area contributed by atoms with Crippen molar-refractivity contribution in [2.75, 3.05) is 0 Å². The van der Waals surface area contributed by atoms with Gasteiger partial charge in [0, 0.05) is 15.0 Å². The largest absolute Gasteiger partial charge is 0.327 e. The molecule has 0 radical (unpaired) electrons. The predicted octanol–water partition coefficient (Wildman–Crippen LogP) is 3.45. The van der Waals surface area contributed by atoms with Crippen molar-refractivity contribution in [2.24, 2.45) is 5.73 Å². The molecule has 1 fully saturated rings. The minimum Gasteiger partial charge on any atom is -0.327 e. The van der Waals surface area contributed by atoms with Crippen LogP contribution in [0.2, 0.25) is 0 Å². The highest BCUT2D eigenvalue weighted by molar-refractivity contribution is 14.1. The summed E-state index contributed by atoms with van der Waals surface area (Å²) in [4.78, 5) is 0. The molecule has 2 N–H and O–H groups in total. The maximum atomic E-state index is 6.23. The first-order valence-corrected chi connectivity index (χ1v) is 6.75. The van der Waals surface area contributed by atoms with Gasteiger partial charge < -0.3 is 5.73 Å². The third-order valence-corrected chi connectivity index (χ3v) is 4.72. The van der Waals surface area contributed by atoms with E-state index in [4.69, 9.17) is 5.73 Å². The van der Waals surface area contributed by atoms with Gasteiger partial charge in [0.05, 0.1) is 0 Å². The molecule has 0 spiro atoms. The van der Waals surface area contributed by atoms with Crippen LogP contribution in [0.4, 0.5) is 0 Å². The average Bonchev–Trinajstić information content (AvgIpc) is 2.68. The summed E-state index contributed by atoms with van der Waals surface area (Å²) in [5.74, 6) is 0. The van der Waals surface area contributed by atoms with E-state index in [1.807, 2.05) is 0 Å². The Hall–Kier alpha value is -0.0900. The van der Waals surface area contributed by atoms with E-state index >= 15 is 0 Å². The van der Waals surface area contributed by atoms with Crippen molar-refractivity contribution in [3.05, 3.63) is 33.4 Å². The van der Waals surface area contributed by atoms with E-state index in [0.29, 0.717) is 0 Å². The fourth-order valence-electron chi connectivity index (χ4n) is 2.84. The summed E-state index contributed by atoms with van der Waals surface area (Å²) < 4.78 is 1.37. The maximum absolute atomic E-state index is 6.23. The summed E-state index contributed by atoms with van der Waals surface area (Å²) in [6.45, 7) is 2.16. The third kappa shape index (κ3) is 1.94. The van der Waals surface area contributed by atoms with Crippen LogP contribution in [0.15, 0.2) is 24.3 Å². The number of hydrogen-bond donors (Lipinski definition) is 1. The zero-order valence-electron chi connectivity index (χ0n) is 9.17. The van der Waals surface area contributed by atoms with Gasteiger partial charge in [-0.25, -0.2) is 0 Å². The zero-order valence-corrected chi connectivity index (χ0v) is 11.3. The summed E-state index contributed by atoms with van der Waals surface area (Å²) in [6, 6.07) is 8.96. The Morgan fingerprint density at radius 2 is 1.87 bits per heavy atom. The van der Waals surface area contributed by atoms with Crippen molar-refractivity contribution >= 4 is 22.6 Å². The number of benzene rings is 1. The Morgan fingerprint density at radius 1 is 1.27 bits per heavy atom. The molecule has 15 heavy (non-hydrogen) atoms. The molecule has 1 saturated carbocycles. The van der Waals surface area contributed by atoms with Crippen LogP contribution in [-0.4, -0.2) is 6.04 Å². The van der Waals surface area contributed by atoms with Crippen molar-refractivity contribution in [2.45, 2.75) is 44.1 Å². The van der Waals surface area contributed by atoms with Gasteiger partial charge in [0.2, 0.25) is 0 Å². The van der Waals surface area contributed by atoms with Crippen LogP contribution in [0.1, 0.15) is 38.2 Å². The van der Waals surface area contributed by atoms with Crippen molar-refractivity contribution in [1.82, 2.24) is 0 Å². The van der Waals surface area contributed by atoms with Gasteiger partial charge >= 0.3 is 0 Å². The molecule has 1 aliphatic carbocycles. The van der Waals surface area contributed by atoms with Gasteiger partial charge in [0.25, 0.3) is 0 Å². The Kier molecular flexibility index (Phi) is 3.36. The molecule has 0 heterocycles. The minimum absolute atomic E-state index is 0.248. The van der Waals surface area contributed by atoms with Crippen LogP contribution in [0, 0.1) is 3.57 Å². The molecule has 1 unspecified atom stereocenters. The predicted molar refractivity (Wildman–Crippen MR) is 73.0 cm³/mol. The molecule has 1 aromatic rings. The first-order chi connectivity index (χ1) is 7.17. The molecule has 0 aromatic heterocycles. The number of halogens is 1. The second-order valence-electron chi connectivity index (χ2n) is 4.63. The minimum atomic E-state index is 0.248. The van der Waals surface area contributed by atoms with Crippen molar-refractivity contribution in [1.29, 1.82) is 0 Å². The molecule has 0 aliphatic heterocycles. The number of rotatable bonds is 2. The summed E-state index contributed by atoms with van der Waals surface area (Å²) in [6.07, 6.45) is 5.16. The van der Waals surface area contributed by atoms with Gasteiger partial charge in [-0.15, -0.1) is 0 Å². The van der Waals surface area contributed by atoms with Gasteiger partial charge in [-0.3, -0.25) is 0 Å². The summed E-state index contributed by atoms with van der Waals surface area (Å²) >= 11 is 2.44. The second kappa shape index (κ2) is 4.42. The topological polar surface area (TPSA) is 26.0 Å². The number of nitrogens with two attached hydrogens (primary N) is 1. The molecule has 82 valence electrons. The van der Waals surface area contributed by atoms with Gasteiger partial charge in [-0.1, -0.05) is 31.0 Å². The van der Waals surface area contributed by atoms with E-state index in [2.05, 4.69) is 53.8 Å². The first kappa shape index (κ1) is 11.4. The molecular weight excluding hydrogens is 297 g/mol. The van der Waals surface area contributed by atoms with Crippen LogP contribution in [0.25, 0.3) is 0 Å². The van der Waals surface area contributed by atoms with Crippen molar-refractivity contribution in [3.63, 3.8) is 0 Å². The Labute approximate surface area is 106 Å². The van der Waals surface area contributed by atoms with Gasteiger partial charge in [-0.05, 0) is 54.0 Å². The molecule has 2 heteroatoms. The summed E-state index contributed by atoms with van der Waals surface area (Å²) in [5, 5.41) is 0. The average molecular weight is 315 g/mol. The maximum Gasteiger partial charge on any atom is 0.0168 e. The highest BCUT2D eigenvalue weighted by atomic mass is 127. The Balaban J connectivity index is 2.46. The van der Waals surface area contributed by atoms with E-state index in [-0.39, 0.29) is 11.5 Å². The molecule has 0 bridgehead atoms. The monoisotopic (exact) mass is 315 g/mol. The van der Waals surface area contributed by atoms with Gasteiger partial charge in [0.15, 0.2) is 0 Å². The Morgan fingerprint density at radius 3 is 2.40 bits per heavy atom. The van der Waals surface area contributed by atoms with Gasteiger partial charge in [-0.2, -0.15) is 0 Å². The standard InChI is InChI=1S/C13H18IN/c1-10(15)13(8-4-5-9-13)11-6-2-3-7-12(11)14/h2-3,6-7,10H,4-5,8-9,15H2,1H3. The van der Waals surface area contributed by atoms with Crippen LogP contribution in [-0.2, 0) is 5.41 Å². The molecule has 1 nitrogen and oxygen atoms in total. The van der Waals surface area contributed by atoms with E-state index in [9.17, 15) is 0 Å². The quantitative estimate of drug-likeness (QED) is 0.831. The van der Waals surface area contributed by atoms with Crippen LogP contribution in [0.3, 0.4) is 0 Å². The first-order valence-electron chi connectivity index (χ1n) is 5.67. The van der Waals surface area contributed by atoms with E-state index < -0.39 is 0 Å². The van der Waals surface area contributed by atoms with E-state index in [1.54, 1.807) is 0 Å². The zero-order chi connectivity index (χ0) is 10.9. The number of hydrogen-bond acceptors (Lipinski definition) is 1. The molecule has 0 amide bonds. The third-order valence-electron chi connectivity index (χ3n) is 3.78. The molecule has 1 aliphatic rings. The highest BCUT2D eigenvalue weighted by Crippen LogP contribution is 2.44. The normalized spacial score (nSPS) is 21.5. The fourth-order valence-corrected chi connectivity index (χ4v) is 3.77. The second-order valence-corrected chi connectivity index (χ2v) is 5.79. The molecule has 2 rings (SSSR count). The van der Waals surface area contributed by atoms with Crippen LogP contribution in [0.5, 0.6) is 0 Å². The van der Waals surface area contributed by atoms with Crippen molar-refractivity contribution in [3.8, 4) is 0 Å². The SMILES string of the molecule is CC(N)C1(c2ccccc2I)CCCC1. The van der Waals surface area contributed by atoms with Crippen LogP contribution < -0.4 is 5.73 Å².